The molecule has 1 aliphatic heterocycles. The van der Waals surface area contributed by atoms with E-state index in [1.54, 1.807) is 0 Å². The van der Waals surface area contributed by atoms with Crippen LogP contribution >= 0.6 is 27.5 Å². The van der Waals surface area contributed by atoms with Crippen molar-refractivity contribution >= 4 is 45.2 Å². The molecular formula is C20H22BrClN2O4. The molecule has 1 saturated heterocycles. The summed E-state index contributed by atoms with van der Waals surface area (Å²) in [5.74, 6) is -3.65. The third-order valence-electron chi connectivity index (χ3n) is 4.30. The Kier molecular flexibility index (Phi) is 8.76. The second-order valence-electron chi connectivity index (χ2n) is 6.44. The first-order valence-corrected chi connectivity index (χ1v) is 9.95. The minimum atomic E-state index is -1.82. The lowest BCUT2D eigenvalue weighted by atomic mass is 10.0. The molecule has 3 rings (SSSR count). The Hall–Kier alpha value is -2.09. The lowest BCUT2D eigenvalue weighted by molar-refractivity contribution is -0.159. The fourth-order valence-corrected chi connectivity index (χ4v) is 3.26. The van der Waals surface area contributed by atoms with Crippen molar-refractivity contribution < 1.29 is 19.8 Å². The second kappa shape index (κ2) is 11.0. The number of piperidine rings is 1. The number of nitrogens with one attached hydrogen (secondary N) is 1. The van der Waals surface area contributed by atoms with Gasteiger partial charge >= 0.3 is 11.9 Å². The summed E-state index contributed by atoms with van der Waals surface area (Å²) in [5, 5.41) is 19.2. The van der Waals surface area contributed by atoms with E-state index >= 15 is 0 Å². The summed E-state index contributed by atoms with van der Waals surface area (Å²) in [5.41, 5.74) is 2.54. The van der Waals surface area contributed by atoms with Gasteiger partial charge in [-0.15, -0.1) is 0 Å². The molecule has 28 heavy (non-hydrogen) atoms. The zero-order chi connectivity index (χ0) is 20.5. The monoisotopic (exact) mass is 468 g/mol. The molecule has 150 valence electrons. The van der Waals surface area contributed by atoms with Crippen molar-refractivity contribution in [3.05, 3.63) is 63.6 Å². The number of carbonyl (C=O) groups is 2. The molecule has 1 heterocycles. The van der Waals surface area contributed by atoms with Crippen LogP contribution in [0, 0.1) is 0 Å². The number of likely N-dealkylation sites (tertiary alicyclic amines) is 1. The largest absolute Gasteiger partial charge is 0.473 e. The first kappa shape index (κ1) is 22.2. The molecule has 1 fully saturated rings. The number of carboxylic acid groups (broad SMARTS) is 2. The number of rotatable bonds is 4. The van der Waals surface area contributed by atoms with Crippen LogP contribution in [0.4, 0.5) is 5.69 Å². The second-order valence-corrected chi connectivity index (χ2v) is 7.79. The highest BCUT2D eigenvalue weighted by Crippen LogP contribution is 2.20. The number of nitrogens with zero attached hydrogens (tertiary/aromatic N) is 1. The fourth-order valence-electron chi connectivity index (χ4n) is 2.87. The van der Waals surface area contributed by atoms with Crippen LogP contribution in [0.5, 0.6) is 0 Å². The van der Waals surface area contributed by atoms with E-state index in [1.165, 1.54) is 24.1 Å². The van der Waals surface area contributed by atoms with Gasteiger partial charge in [0.05, 0.1) is 0 Å². The number of anilines is 1. The molecule has 1 aliphatic rings. The summed E-state index contributed by atoms with van der Waals surface area (Å²) in [4.78, 5) is 20.7. The van der Waals surface area contributed by atoms with E-state index in [4.69, 9.17) is 31.4 Å². The minimum absolute atomic E-state index is 0.572. The first-order chi connectivity index (χ1) is 13.3. The summed E-state index contributed by atoms with van der Waals surface area (Å²) >= 11 is 9.41. The third-order valence-corrected chi connectivity index (χ3v) is 5.09. The van der Waals surface area contributed by atoms with Crippen molar-refractivity contribution in [2.45, 2.75) is 25.4 Å². The van der Waals surface area contributed by atoms with Gasteiger partial charge < -0.3 is 15.5 Å². The van der Waals surface area contributed by atoms with Crippen LogP contribution in [-0.2, 0) is 16.1 Å². The molecule has 2 aromatic carbocycles. The van der Waals surface area contributed by atoms with E-state index in [2.05, 4.69) is 62.5 Å². The zero-order valence-electron chi connectivity index (χ0n) is 15.1. The van der Waals surface area contributed by atoms with Gasteiger partial charge in [-0.25, -0.2) is 9.59 Å². The van der Waals surface area contributed by atoms with Crippen LogP contribution in [0.25, 0.3) is 0 Å². The number of benzene rings is 2. The maximum Gasteiger partial charge on any atom is 0.414 e. The molecule has 0 atom stereocenters. The van der Waals surface area contributed by atoms with Gasteiger partial charge in [0.25, 0.3) is 0 Å². The van der Waals surface area contributed by atoms with Gasteiger partial charge in [-0.05, 0) is 54.8 Å². The standard InChI is InChI=1S/C18H20BrClN2.C2H2O4/c19-15-3-7-17(8-4-15)21-18-9-11-22(12-10-18)13-14-1-5-16(20)6-2-14;3-1(4)2(5)6/h1-8,18,21H,9-13H2;(H,3,4)(H,5,6). The number of halogens is 2. The van der Waals surface area contributed by atoms with Crippen molar-refractivity contribution in [1.82, 2.24) is 4.90 Å². The molecule has 0 unspecified atom stereocenters. The highest BCUT2D eigenvalue weighted by atomic mass is 79.9. The maximum atomic E-state index is 9.10. The first-order valence-electron chi connectivity index (χ1n) is 8.78. The lowest BCUT2D eigenvalue weighted by Gasteiger charge is -2.33. The van der Waals surface area contributed by atoms with Crippen molar-refractivity contribution in [1.29, 1.82) is 0 Å². The lowest BCUT2D eigenvalue weighted by Crippen LogP contribution is -2.38. The molecule has 6 nitrogen and oxygen atoms in total. The van der Waals surface area contributed by atoms with Crippen molar-refractivity contribution in [3.8, 4) is 0 Å². The number of hydrogen-bond acceptors (Lipinski definition) is 4. The van der Waals surface area contributed by atoms with Gasteiger partial charge in [-0.1, -0.05) is 39.7 Å². The molecule has 2 aromatic rings. The minimum Gasteiger partial charge on any atom is -0.473 e. The highest BCUT2D eigenvalue weighted by Gasteiger charge is 2.19. The molecule has 0 bridgehead atoms. The maximum absolute atomic E-state index is 9.10. The fraction of sp³-hybridized carbons (Fsp3) is 0.300. The normalized spacial score (nSPS) is 14.6. The predicted molar refractivity (Wildman–Crippen MR) is 113 cm³/mol. The Bertz CT molecular complexity index is 708. The van der Waals surface area contributed by atoms with Gasteiger partial charge in [0, 0.05) is 40.9 Å². The quantitative estimate of drug-likeness (QED) is 0.577. The average Bonchev–Trinajstić information content (AvgIpc) is 2.67. The molecule has 0 amide bonds. The van der Waals surface area contributed by atoms with Crippen LogP contribution in [0.2, 0.25) is 5.02 Å². The topological polar surface area (TPSA) is 89.9 Å². The van der Waals surface area contributed by atoms with Crippen molar-refractivity contribution in [2.75, 3.05) is 18.4 Å². The van der Waals surface area contributed by atoms with Gasteiger partial charge in [-0.2, -0.15) is 0 Å². The van der Waals surface area contributed by atoms with Gasteiger partial charge in [0.1, 0.15) is 0 Å². The van der Waals surface area contributed by atoms with Crippen LogP contribution in [-0.4, -0.2) is 46.2 Å². The SMILES string of the molecule is Clc1ccc(CN2CCC(Nc3ccc(Br)cc3)CC2)cc1.O=C(O)C(=O)O. The summed E-state index contributed by atoms with van der Waals surface area (Å²) in [7, 11) is 0. The van der Waals surface area contributed by atoms with Crippen LogP contribution in [0.1, 0.15) is 18.4 Å². The van der Waals surface area contributed by atoms with Gasteiger partial charge in [0.15, 0.2) is 0 Å². The van der Waals surface area contributed by atoms with E-state index < -0.39 is 11.9 Å². The summed E-state index contributed by atoms with van der Waals surface area (Å²) in [6, 6.07) is 17.2. The number of carboxylic acids is 2. The summed E-state index contributed by atoms with van der Waals surface area (Å²) in [6.07, 6.45) is 2.37. The van der Waals surface area contributed by atoms with E-state index in [1.807, 2.05) is 12.1 Å². The Morgan fingerprint density at radius 2 is 1.54 bits per heavy atom. The number of aliphatic carboxylic acids is 2. The van der Waals surface area contributed by atoms with Crippen LogP contribution in [0.15, 0.2) is 53.0 Å². The zero-order valence-corrected chi connectivity index (χ0v) is 17.5. The van der Waals surface area contributed by atoms with Crippen LogP contribution in [0.3, 0.4) is 0 Å². The Labute approximate surface area is 177 Å². The molecule has 8 heteroatoms. The third kappa shape index (κ3) is 7.88. The molecule has 0 spiro atoms. The highest BCUT2D eigenvalue weighted by molar-refractivity contribution is 9.10. The van der Waals surface area contributed by atoms with E-state index in [0.29, 0.717) is 6.04 Å². The van der Waals surface area contributed by atoms with E-state index in [-0.39, 0.29) is 0 Å². The van der Waals surface area contributed by atoms with E-state index in [0.717, 1.165) is 29.1 Å². The molecular weight excluding hydrogens is 448 g/mol. The predicted octanol–water partition coefficient (Wildman–Crippen LogP) is 4.33. The molecule has 0 saturated carbocycles. The Morgan fingerprint density at radius 1 is 1.00 bits per heavy atom. The van der Waals surface area contributed by atoms with Crippen LogP contribution < -0.4 is 5.32 Å². The average molecular weight is 470 g/mol. The Balaban J connectivity index is 0.000000409. The van der Waals surface area contributed by atoms with Gasteiger partial charge in [0.2, 0.25) is 0 Å². The Morgan fingerprint density at radius 3 is 2.04 bits per heavy atom. The summed E-state index contributed by atoms with van der Waals surface area (Å²) in [6.45, 7) is 3.29. The molecule has 0 aliphatic carbocycles. The smallest absolute Gasteiger partial charge is 0.414 e. The molecule has 0 aromatic heterocycles. The molecule has 3 N–H and O–H groups in total. The van der Waals surface area contributed by atoms with Gasteiger partial charge in [-0.3, -0.25) is 4.90 Å². The van der Waals surface area contributed by atoms with E-state index in [9.17, 15) is 0 Å². The van der Waals surface area contributed by atoms with Crippen molar-refractivity contribution in [3.63, 3.8) is 0 Å². The molecule has 0 radical (unpaired) electrons. The van der Waals surface area contributed by atoms with Crippen molar-refractivity contribution in [2.24, 2.45) is 0 Å². The summed E-state index contributed by atoms with van der Waals surface area (Å²) < 4.78 is 1.12. The number of hydrogen-bond donors (Lipinski definition) is 3.